The molecule has 0 bridgehead atoms. The first-order valence-corrected chi connectivity index (χ1v) is 34.0. The molecular formula is C64H39Cl15N18O2. The van der Waals surface area contributed by atoms with Crippen LogP contribution in [0.4, 0.5) is 11.6 Å². The van der Waals surface area contributed by atoms with Gasteiger partial charge >= 0.3 is 11.4 Å². The smallest absolute Gasteiger partial charge is 0.351 e. The fourth-order valence-electron chi connectivity index (χ4n) is 9.42. The Balaban J connectivity index is 0.000000127. The van der Waals surface area contributed by atoms with Gasteiger partial charge in [-0.1, -0.05) is 265 Å². The molecule has 0 fully saturated rings. The highest BCUT2D eigenvalue weighted by Crippen LogP contribution is 2.34. The zero-order chi connectivity index (χ0) is 70.5. The van der Waals surface area contributed by atoms with Crippen molar-refractivity contribution in [1.82, 2.24) is 73.6 Å². The molecule has 15 rings (SSSR count). The van der Waals surface area contributed by atoms with Crippen molar-refractivity contribution in [1.29, 1.82) is 0 Å². The number of nitrogens with zero attached hydrogens (tertiary/aromatic N) is 14. The van der Waals surface area contributed by atoms with E-state index in [4.69, 9.17) is 186 Å². The van der Waals surface area contributed by atoms with Gasteiger partial charge in [-0.3, -0.25) is 0 Å². The SMILES string of the molecule is Clc1cc2nc(Cl)c(CNCc3ccccc3)nc2cc1Cl.Clc1cc2nc(Cl)c(Cl)nc2cc1Cl.NNc1nc2cc(Cl)c(Cl)cc2nc1Cl.Nc1nc2cc(Cl)c(Cl)cc2n2c(=O)n(Cc3ccccc3)nc12.O=c1n(Cc2ccccc2)nc2c(Cl)nc3cc(Cl)c(Cl)cc3n12. The molecule has 20 nitrogen and oxygen atoms in total. The molecule has 35 heteroatoms. The van der Waals surface area contributed by atoms with Gasteiger partial charge in [0.25, 0.3) is 0 Å². The summed E-state index contributed by atoms with van der Waals surface area (Å²) >= 11 is 89.1. The third-order valence-electron chi connectivity index (χ3n) is 14.0. The quantitative estimate of drug-likeness (QED) is 0.0773. The number of hydrazine groups is 1. The molecule has 0 radical (unpaired) electrons. The number of benzene rings is 8. The summed E-state index contributed by atoms with van der Waals surface area (Å²) in [5.74, 6) is 5.66. The van der Waals surface area contributed by atoms with Crippen molar-refractivity contribution >= 4 is 252 Å². The molecule has 0 unspecified atom stereocenters. The summed E-state index contributed by atoms with van der Waals surface area (Å²) in [4.78, 5) is 59.1. The van der Waals surface area contributed by atoms with Crippen molar-refractivity contribution < 1.29 is 0 Å². The van der Waals surface area contributed by atoms with E-state index < -0.39 is 0 Å². The number of nitrogens with one attached hydrogen (secondary N) is 2. The minimum atomic E-state index is -0.318. The number of nitrogens with two attached hydrogens (primary N) is 2. The summed E-state index contributed by atoms with van der Waals surface area (Å²) < 4.78 is 5.50. The van der Waals surface area contributed by atoms with Crippen LogP contribution in [0.15, 0.2) is 161 Å². The van der Waals surface area contributed by atoms with Crippen LogP contribution in [0.1, 0.15) is 22.4 Å². The first-order valence-electron chi connectivity index (χ1n) is 28.3. The maximum Gasteiger partial charge on any atom is 0.351 e. The highest BCUT2D eigenvalue weighted by molar-refractivity contribution is 6.46. The molecule has 15 aromatic rings. The van der Waals surface area contributed by atoms with Gasteiger partial charge in [-0.05, 0) is 77.4 Å². The van der Waals surface area contributed by atoms with Gasteiger partial charge in [0.2, 0.25) is 5.65 Å². The van der Waals surface area contributed by atoms with Crippen molar-refractivity contribution in [3.05, 3.63) is 271 Å². The van der Waals surface area contributed by atoms with Crippen LogP contribution >= 0.6 is 174 Å². The molecule has 0 aliphatic carbocycles. The Morgan fingerprint density at radius 2 is 0.677 bits per heavy atom. The van der Waals surface area contributed by atoms with E-state index in [2.05, 4.69) is 72.9 Å². The van der Waals surface area contributed by atoms with Gasteiger partial charge in [-0.2, -0.15) is 0 Å². The Kier molecular flexibility index (Phi) is 23.8. The van der Waals surface area contributed by atoms with Crippen molar-refractivity contribution in [3.8, 4) is 0 Å². The molecule has 0 atom stereocenters. The van der Waals surface area contributed by atoms with Gasteiger partial charge in [0.15, 0.2) is 43.0 Å². The second kappa shape index (κ2) is 32.2. The van der Waals surface area contributed by atoms with Gasteiger partial charge in [0.05, 0.1) is 124 Å². The lowest BCUT2D eigenvalue weighted by Gasteiger charge is -2.08. The monoisotopic (exact) mass is 1620 g/mol. The predicted octanol–water partition coefficient (Wildman–Crippen LogP) is 19.0. The van der Waals surface area contributed by atoms with Gasteiger partial charge in [0.1, 0.15) is 0 Å². The number of aromatic nitrogens is 14. The molecule has 8 aromatic carbocycles. The topological polar surface area (TPSA) is 258 Å². The molecule has 502 valence electrons. The van der Waals surface area contributed by atoms with Crippen LogP contribution in [-0.4, -0.2) is 68.2 Å². The predicted molar refractivity (Wildman–Crippen MR) is 404 cm³/mol. The Labute approximate surface area is 634 Å². The Bertz CT molecular complexity index is 5430. The van der Waals surface area contributed by atoms with E-state index in [9.17, 15) is 9.59 Å². The molecule has 0 aliphatic rings. The maximum absolute atomic E-state index is 12.8. The first-order chi connectivity index (χ1) is 47.4. The molecule has 0 aliphatic heterocycles. The van der Waals surface area contributed by atoms with Crippen molar-refractivity contribution in [2.75, 3.05) is 11.2 Å². The third-order valence-corrected chi connectivity index (χ3v) is 19.1. The molecule has 0 spiro atoms. The summed E-state index contributed by atoms with van der Waals surface area (Å²) in [6.07, 6.45) is 0. The van der Waals surface area contributed by atoms with E-state index in [1.165, 1.54) is 23.7 Å². The summed E-state index contributed by atoms with van der Waals surface area (Å²) in [5.41, 5.74) is 17.6. The lowest BCUT2D eigenvalue weighted by atomic mass is 10.2. The number of hydrogen-bond acceptors (Lipinski definition) is 16. The van der Waals surface area contributed by atoms with Crippen LogP contribution in [0.2, 0.25) is 76.0 Å². The lowest BCUT2D eigenvalue weighted by Crippen LogP contribution is -2.22. The van der Waals surface area contributed by atoms with Gasteiger partial charge < -0.3 is 16.5 Å². The highest BCUT2D eigenvalue weighted by atomic mass is 35.5. The molecule has 0 saturated heterocycles. The number of halogens is 15. The minimum absolute atomic E-state index is 0.129. The van der Waals surface area contributed by atoms with E-state index in [-0.39, 0.29) is 43.5 Å². The second-order valence-electron chi connectivity index (χ2n) is 20.7. The molecular weight excluding hydrogens is 1580 g/mol. The molecule has 99 heavy (non-hydrogen) atoms. The molecule has 0 saturated carbocycles. The summed E-state index contributed by atoms with van der Waals surface area (Å²) in [6.45, 7) is 1.93. The summed E-state index contributed by atoms with van der Waals surface area (Å²) in [5, 5.41) is 16.8. The van der Waals surface area contributed by atoms with E-state index >= 15 is 0 Å². The van der Waals surface area contributed by atoms with Gasteiger partial charge in [-0.25, -0.2) is 73.5 Å². The van der Waals surface area contributed by atoms with Crippen LogP contribution in [0.5, 0.6) is 0 Å². The zero-order valence-corrected chi connectivity index (χ0v) is 61.0. The zero-order valence-electron chi connectivity index (χ0n) is 49.7. The van der Waals surface area contributed by atoms with Gasteiger partial charge in [-0.15, -0.1) is 10.2 Å². The largest absolute Gasteiger partial charge is 0.381 e. The molecule has 7 heterocycles. The number of anilines is 2. The van der Waals surface area contributed by atoms with Crippen LogP contribution < -0.4 is 33.7 Å². The number of hydrogen-bond donors (Lipinski definition) is 4. The Hall–Kier alpha value is -7.13. The van der Waals surface area contributed by atoms with E-state index in [1.54, 1.807) is 60.7 Å². The summed E-state index contributed by atoms with van der Waals surface area (Å²) in [6, 6.07) is 45.3. The first kappa shape index (κ1) is 73.1. The van der Waals surface area contributed by atoms with Crippen LogP contribution in [0.3, 0.4) is 0 Å². The molecule has 7 aromatic heterocycles. The van der Waals surface area contributed by atoms with E-state index in [0.717, 1.165) is 17.7 Å². The molecule has 6 N–H and O–H groups in total. The maximum atomic E-state index is 12.8. The van der Waals surface area contributed by atoms with Crippen molar-refractivity contribution in [2.24, 2.45) is 5.84 Å². The van der Waals surface area contributed by atoms with E-state index in [1.807, 2.05) is 78.9 Å². The van der Waals surface area contributed by atoms with Crippen molar-refractivity contribution in [2.45, 2.75) is 26.2 Å². The Morgan fingerprint density at radius 1 is 0.343 bits per heavy atom. The van der Waals surface area contributed by atoms with E-state index in [0.29, 0.717) is 147 Å². The average Bonchev–Trinajstić information content (AvgIpc) is 1.65. The fourth-order valence-corrected chi connectivity index (χ4v) is 11.9. The minimum Gasteiger partial charge on any atom is -0.381 e. The van der Waals surface area contributed by atoms with Crippen LogP contribution in [0, 0.1) is 0 Å². The third kappa shape index (κ3) is 17.1. The molecule has 0 amide bonds. The van der Waals surface area contributed by atoms with Crippen molar-refractivity contribution in [3.63, 3.8) is 0 Å². The van der Waals surface area contributed by atoms with Crippen LogP contribution in [0.25, 0.3) is 66.5 Å². The fraction of sp³-hybridized carbons (Fsp3) is 0.0625. The standard InChI is InChI=1S/C16H9Cl3N4O.C16H12Cl3N3.C16H11Cl2N5O.C8H2Cl4N2.C8H5Cl3N4/c17-10-6-12-13(7-11(10)18)23-15(14(19)20-12)21-22(16(23)24)8-9-4-2-1-3-5-9;17-11-6-13-14(7-12(11)18)22-16(19)15(21-13)9-20-8-10-4-2-1-3-5-10;17-10-6-12-13(7-11(10)18)23-15(14(19)20-12)21-22(16(23)24)8-9-4-2-1-3-5-9;9-3-1-5-6(2-4(3)10)14-8(12)7(11)13-5;9-3-1-5-6(2-4(3)10)14-8(15-12)7(11)13-5/h1-7H,8H2;1-7,20H,8-9H2;1-7H,8H2,(H2,19,20);1-2H;1-2H,12H2,(H,14,15). The highest BCUT2D eigenvalue weighted by Gasteiger charge is 2.20. The Morgan fingerprint density at radius 3 is 1.11 bits per heavy atom. The number of nitrogen functional groups attached to an aromatic ring is 2. The van der Waals surface area contributed by atoms with Crippen LogP contribution in [-0.2, 0) is 26.2 Å². The lowest BCUT2D eigenvalue weighted by molar-refractivity contribution is 0.660. The summed E-state index contributed by atoms with van der Waals surface area (Å²) in [7, 11) is 0. The average molecular weight is 1620 g/mol. The number of fused-ring (bicyclic) bond motifs is 9. The second-order valence-corrected chi connectivity index (χ2v) is 26.6. The van der Waals surface area contributed by atoms with Gasteiger partial charge in [0, 0.05) is 13.1 Å². The normalized spacial score (nSPS) is 11.2. The number of rotatable bonds is 9.